The first-order valence-corrected chi connectivity index (χ1v) is 20.0. The van der Waals surface area contributed by atoms with Crippen molar-refractivity contribution in [3.05, 3.63) is 101 Å². The fourth-order valence-corrected chi connectivity index (χ4v) is 12.6. The lowest BCUT2D eigenvalue weighted by Gasteiger charge is -2.71. The Labute approximate surface area is 323 Å². The molecule has 6 nitrogen and oxygen atoms in total. The highest BCUT2D eigenvalue weighted by molar-refractivity contribution is 6.33. The van der Waals surface area contributed by atoms with E-state index in [0.29, 0.717) is 31.4 Å². The van der Waals surface area contributed by atoms with Gasteiger partial charge in [0.2, 0.25) is 5.78 Å². The van der Waals surface area contributed by atoms with Gasteiger partial charge in [-0.25, -0.2) is 4.39 Å². The number of allylic oxidation sites excluding steroid dienone is 4. The summed E-state index contributed by atoms with van der Waals surface area (Å²) in [5.41, 5.74) is -2.24. The molecule has 8 atom stereocenters. The molecule has 55 heavy (non-hydrogen) atoms. The van der Waals surface area contributed by atoms with Crippen molar-refractivity contribution in [2.45, 2.75) is 76.7 Å². The molecular weight excluding hydrogens is 732 g/mol. The first-order valence-electron chi connectivity index (χ1n) is 19.6. The van der Waals surface area contributed by atoms with Crippen LogP contribution in [0.1, 0.15) is 74.9 Å². The first-order chi connectivity index (χ1) is 26.0. The number of fused-ring (bicyclic) bond motifs is 1. The number of carbonyl (C=O) groups is 1. The summed E-state index contributed by atoms with van der Waals surface area (Å²) in [4.78, 5) is 19.6. The fourth-order valence-electron chi connectivity index (χ4n) is 12.4. The Hall–Kier alpha value is -3.44. The predicted molar refractivity (Wildman–Crippen MR) is 202 cm³/mol. The van der Waals surface area contributed by atoms with Gasteiger partial charge in [0.1, 0.15) is 11.6 Å². The second kappa shape index (κ2) is 12.5. The van der Waals surface area contributed by atoms with Crippen LogP contribution in [0.15, 0.2) is 82.8 Å². The van der Waals surface area contributed by atoms with E-state index in [0.717, 1.165) is 69.7 Å². The average molecular weight is 779 g/mol. The van der Waals surface area contributed by atoms with Crippen molar-refractivity contribution in [3.63, 3.8) is 0 Å². The summed E-state index contributed by atoms with van der Waals surface area (Å²) in [7, 11) is 0. The Bertz CT molecular complexity index is 2090. The van der Waals surface area contributed by atoms with Crippen molar-refractivity contribution >= 4 is 23.1 Å². The van der Waals surface area contributed by atoms with Gasteiger partial charge < -0.3 is 19.5 Å². The predicted octanol–water partition coefficient (Wildman–Crippen LogP) is 9.35. The number of furan rings is 1. The molecule has 1 saturated heterocycles. The number of carbonyl (C=O) groups excluding carboxylic acids is 1. The normalized spacial score (nSPS) is 37.0. The molecule has 4 fully saturated rings. The monoisotopic (exact) mass is 778 g/mol. The maximum atomic E-state index is 15.0. The Morgan fingerprint density at radius 1 is 0.909 bits per heavy atom. The highest BCUT2D eigenvalue weighted by atomic mass is 35.5. The van der Waals surface area contributed by atoms with Gasteiger partial charge in [0.15, 0.2) is 5.76 Å². The summed E-state index contributed by atoms with van der Waals surface area (Å²) in [6.45, 7) is 8.10. The van der Waals surface area contributed by atoms with Crippen molar-refractivity contribution in [2.24, 2.45) is 33.5 Å². The second-order valence-corrected chi connectivity index (χ2v) is 18.1. The average Bonchev–Trinajstić information content (AvgIpc) is 3.74. The highest BCUT2D eigenvalue weighted by Crippen LogP contribution is 2.78. The molecule has 0 radical (unpaired) electrons. The van der Waals surface area contributed by atoms with E-state index in [2.05, 4.69) is 41.9 Å². The molecular formula is C44H47ClF4N2O4. The largest absolute Gasteiger partial charge is 0.453 e. The lowest BCUT2D eigenvalue weighted by atomic mass is 9.32. The molecule has 292 valence electrons. The van der Waals surface area contributed by atoms with E-state index >= 15 is 4.79 Å². The molecule has 2 heterocycles. The zero-order chi connectivity index (χ0) is 38.8. The van der Waals surface area contributed by atoms with Crippen LogP contribution in [0.25, 0.3) is 11.3 Å². The number of aliphatic hydroxyl groups is 2. The highest BCUT2D eigenvalue weighted by Gasteiger charge is 2.74. The maximum absolute atomic E-state index is 15.0. The molecule has 0 amide bonds. The summed E-state index contributed by atoms with van der Waals surface area (Å²) in [5, 5.41) is 24.0. The summed E-state index contributed by atoms with van der Waals surface area (Å²) in [6, 6.07) is 12.6. The molecule has 10 rings (SSSR count). The first kappa shape index (κ1) is 37.2. The number of hydrogen-bond acceptors (Lipinski definition) is 6. The van der Waals surface area contributed by atoms with Gasteiger partial charge in [0.25, 0.3) is 0 Å². The van der Waals surface area contributed by atoms with Crippen LogP contribution in [-0.2, 0) is 6.18 Å². The fraction of sp³-hybridized carbons (Fsp3) is 0.523. The smallest absolute Gasteiger partial charge is 0.416 e. The van der Waals surface area contributed by atoms with Gasteiger partial charge in [0, 0.05) is 65.8 Å². The third-order valence-corrected chi connectivity index (χ3v) is 15.7. The molecule has 6 aliphatic carbocycles. The van der Waals surface area contributed by atoms with Crippen LogP contribution in [0.3, 0.4) is 0 Å². The number of aliphatic hydroxyl groups excluding tert-OH is 1. The van der Waals surface area contributed by atoms with Crippen molar-refractivity contribution in [1.29, 1.82) is 0 Å². The number of ketones is 1. The number of β-amino-alcohol motifs (C(OH)–C–C–N with tert-alkyl or cyclic N) is 1. The van der Waals surface area contributed by atoms with E-state index in [1.54, 1.807) is 12.1 Å². The molecule has 3 saturated carbocycles. The van der Waals surface area contributed by atoms with Crippen LogP contribution in [-0.4, -0.2) is 65.3 Å². The van der Waals surface area contributed by atoms with Crippen molar-refractivity contribution in [1.82, 2.24) is 4.90 Å². The SMILES string of the molecule is C[C@]12CC[C@H]3[C@]4(C=C[C@@]5(C=C4C(=O)c4ccc(-c6cc(C(F)(F)F)ccc6Cl)o4)CC(O)CC[C@]35C)[C@@H]1CC[C@@]2(O)CN1CCN(c2ccc(F)cc2)CC1. The number of piperazine rings is 1. The van der Waals surface area contributed by atoms with Gasteiger partial charge >= 0.3 is 6.18 Å². The van der Waals surface area contributed by atoms with Gasteiger partial charge in [-0.3, -0.25) is 9.69 Å². The number of benzene rings is 2. The minimum Gasteiger partial charge on any atom is -0.453 e. The lowest BCUT2D eigenvalue weighted by molar-refractivity contribution is -0.176. The summed E-state index contributed by atoms with van der Waals surface area (Å²) in [5.74, 6) is -0.467. The van der Waals surface area contributed by atoms with Crippen LogP contribution >= 0.6 is 11.6 Å². The maximum Gasteiger partial charge on any atom is 0.416 e. The molecule has 2 spiro atoms. The number of hydrogen-bond donors (Lipinski definition) is 2. The van der Waals surface area contributed by atoms with Gasteiger partial charge in [0.05, 0.1) is 22.3 Å². The third kappa shape index (κ3) is 5.40. The minimum absolute atomic E-state index is 0.0258. The Balaban J connectivity index is 1.05. The molecule has 1 unspecified atom stereocenters. The van der Waals surface area contributed by atoms with Crippen LogP contribution < -0.4 is 4.90 Å². The van der Waals surface area contributed by atoms with Gasteiger partial charge in [-0.1, -0.05) is 43.7 Å². The van der Waals surface area contributed by atoms with E-state index in [9.17, 15) is 27.8 Å². The van der Waals surface area contributed by atoms with Crippen LogP contribution in [0.4, 0.5) is 23.2 Å². The quantitative estimate of drug-likeness (QED) is 0.148. The Morgan fingerprint density at radius 2 is 1.60 bits per heavy atom. The Kier molecular flexibility index (Phi) is 8.46. The van der Waals surface area contributed by atoms with E-state index in [4.69, 9.17) is 16.0 Å². The molecule has 2 N–H and O–H groups in total. The minimum atomic E-state index is -4.58. The Morgan fingerprint density at radius 3 is 2.33 bits per heavy atom. The number of alkyl halides is 3. The van der Waals surface area contributed by atoms with E-state index in [1.807, 2.05) is 0 Å². The lowest BCUT2D eigenvalue weighted by Crippen LogP contribution is -2.67. The summed E-state index contributed by atoms with van der Waals surface area (Å²) < 4.78 is 60.7. The second-order valence-electron chi connectivity index (χ2n) is 17.7. The molecule has 11 heteroatoms. The number of Topliss-reactive ketones (excluding diaryl/α,β-unsaturated/α-hetero) is 1. The molecule has 2 bridgehead atoms. The number of nitrogens with zero attached hydrogens (tertiary/aromatic N) is 2. The molecule has 1 aromatic heterocycles. The van der Waals surface area contributed by atoms with E-state index in [1.165, 1.54) is 30.3 Å². The molecule has 2 aromatic carbocycles. The standard InChI is InChI=1S/C44H47ClF4N2O4/c1-39-14-11-30(52)24-41(39)17-18-43(32(25-41)38(53)35-10-9-34(55-35)31-23-27(44(47,48)49)3-8-33(31)45)36(39)12-15-40(2)37(43)13-16-42(40,54)26-50-19-21-51(22-20-50)29-6-4-28(46)5-7-29/h3-10,17-18,23,25,30,36-37,52,54H,11-16,19-22,24,26H2,1-2H3/t30?,36-,37-,39-,40+,41+,42-,43-/m1/s1. The van der Waals surface area contributed by atoms with Crippen molar-refractivity contribution in [3.8, 4) is 11.3 Å². The van der Waals surface area contributed by atoms with E-state index in [-0.39, 0.29) is 51.0 Å². The van der Waals surface area contributed by atoms with Crippen molar-refractivity contribution < 1.29 is 37.0 Å². The van der Waals surface area contributed by atoms with Crippen LogP contribution in [0.2, 0.25) is 5.02 Å². The topological polar surface area (TPSA) is 77.1 Å². The van der Waals surface area contributed by atoms with Gasteiger partial charge in [-0.05, 0) is 117 Å². The van der Waals surface area contributed by atoms with Gasteiger partial charge in [-0.15, -0.1) is 0 Å². The third-order valence-electron chi connectivity index (χ3n) is 15.4. The van der Waals surface area contributed by atoms with Gasteiger partial charge in [-0.2, -0.15) is 13.2 Å². The number of anilines is 1. The van der Waals surface area contributed by atoms with Crippen LogP contribution in [0, 0.1) is 39.3 Å². The summed E-state index contributed by atoms with van der Waals surface area (Å²) in [6.07, 6.45) is 6.43. The molecule has 7 aliphatic rings. The molecule has 3 aromatic rings. The summed E-state index contributed by atoms with van der Waals surface area (Å²) >= 11 is 6.38. The zero-order valence-corrected chi connectivity index (χ0v) is 31.9. The number of rotatable bonds is 6. The van der Waals surface area contributed by atoms with Crippen LogP contribution in [0.5, 0.6) is 0 Å². The zero-order valence-electron chi connectivity index (χ0n) is 31.1. The molecule has 1 aliphatic heterocycles. The van der Waals surface area contributed by atoms with E-state index < -0.39 is 39.7 Å². The van der Waals surface area contributed by atoms with Crippen molar-refractivity contribution in [2.75, 3.05) is 37.6 Å². The number of halogens is 5.